The molecule has 27 heavy (non-hydrogen) atoms. The lowest BCUT2D eigenvalue weighted by Gasteiger charge is -2.23. The monoisotopic (exact) mass is 412 g/mol. The maximum absolute atomic E-state index is 13.1. The number of thiophene rings is 1. The number of carbonyl (C=O) groups excluding carboxylic acids is 2. The number of nitrogens with zero attached hydrogens (tertiary/aromatic N) is 1. The highest BCUT2D eigenvalue weighted by Gasteiger charge is 2.39. The van der Waals surface area contributed by atoms with Crippen molar-refractivity contribution >= 4 is 38.2 Å². The highest BCUT2D eigenvalue weighted by Crippen LogP contribution is 2.29. The zero-order chi connectivity index (χ0) is 19.6. The third-order valence-corrected chi connectivity index (χ3v) is 6.99. The fourth-order valence-electron chi connectivity index (χ4n) is 2.90. The van der Waals surface area contributed by atoms with E-state index in [0.717, 1.165) is 27.8 Å². The molecule has 1 saturated heterocycles. The number of rotatable bonds is 5. The van der Waals surface area contributed by atoms with Crippen LogP contribution in [0.25, 0.3) is 0 Å². The Morgan fingerprint density at radius 3 is 2.63 bits per heavy atom. The highest BCUT2D eigenvalue weighted by molar-refractivity contribution is 7.89. The molecule has 0 saturated carbocycles. The second-order valence-corrected chi connectivity index (χ2v) is 8.68. The molecule has 2 aromatic rings. The molecule has 144 valence electrons. The van der Waals surface area contributed by atoms with Gasteiger partial charge in [0.05, 0.1) is 17.6 Å². The number of carbonyl (C=O) groups is 2. The molecule has 1 aliphatic rings. The average Bonchev–Trinajstić information content (AvgIpc) is 3.31. The number of halogens is 1. The van der Waals surface area contributed by atoms with E-state index in [-0.39, 0.29) is 17.0 Å². The molecule has 0 radical (unpaired) electrons. The fourth-order valence-corrected chi connectivity index (χ4v) is 5.34. The SMILES string of the molecule is COC(=O)c1ccsc1NC(=O)C1CCCN1S(=O)(=O)c1ccc(F)cc1. The van der Waals surface area contributed by atoms with Crippen LogP contribution in [-0.4, -0.2) is 44.3 Å². The van der Waals surface area contributed by atoms with E-state index in [2.05, 4.69) is 10.1 Å². The Labute approximate surface area is 159 Å². The van der Waals surface area contributed by atoms with Crippen LogP contribution in [0.15, 0.2) is 40.6 Å². The summed E-state index contributed by atoms with van der Waals surface area (Å²) >= 11 is 1.14. The molecule has 1 amide bonds. The van der Waals surface area contributed by atoms with Crippen LogP contribution in [0.3, 0.4) is 0 Å². The standard InChI is InChI=1S/C17H17FN2O5S2/c1-25-17(22)13-8-10-26-16(13)19-15(21)14-3-2-9-20(14)27(23,24)12-6-4-11(18)5-7-12/h4-8,10,14H,2-3,9H2,1H3,(H,19,21). The van der Waals surface area contributed by atoms with E-state index in [1.807, 2.05) is 0 Å². The minimum Gasteiger partial charge on any atom is -0.465 e. The first-order valence-corrected chi connectivity index (χ1v) is 10.4. The normalized spacial score (nSPS) is 17.6. The van der Waals surface area contributed by atoms with Crippen LogP contribution >= 0.6 is 11.3 Å². The third-order valence-electron chi connectivity index (χ3n) is 4.23. The van der Waals surface area contributed by atoms with Crippen molar-refractivity contribution in [3.8, 4) is 0 Å². The van der Waals surface area contributed by atoms with Gasteiger partial charge in [-0.05, 0) is 48.6 Å². The molecule has 1 atom stereocenters. The maximum Gasteiger partial charge on any atom is 0.340 e. The smallest absolute Gasteiger partial charge is 0.340 e. The summed E-state index contributed by atoms with van der Waals surface area (Å²) in [7, 11) is -2.71. The molecule has 2 heterocycles. The van der Waals surface area contributed by atoms with Crippen LogP contribution in [0, 0.1) is 5.82 Å². The number of ether oxygens (including phenoxy) is 1. The number of nitrogens with one attached hydrogen (secondary N) is 1. The molecule has 3 rings (SSSR count). The first kappa shape index (κ1) is 19.5. The quantitative estimate of drug-likeness (QED) is 0.762. The first-order valence-electron chi connectivity index (χ1n) is 8.08. The number of anilines is 1. The zero-order valence-corrected chi connectivity index (χ0v) is 16.0. The predicted molar refractivity (Wildman–Crippen MR) is 97.6 cm³/mol. The predicted octanol–water partition coefficient (Wildman–Crippen LogP) is 2.47. The zero-order valence-electron chi connectivity index (χ0n) is 14.3. The number of esters is 1. The molecule has 0 aliphatic carbocycles. The number of hydrogen-bond acceptors (Lipinski definition) is 6. The second-order valence-electron chi connectivity index (χ2n) is 5.87. The van der Waals surface area contributed by atoms with Gasteiger partial charge in [0.2, 0.25) is 15.9 Å². The summed E-state index contributed by atoms with van der Waals surface area (Å²) in [4.78, 5) is 24.4. The van der Waals surface area contributed by atoms with Gasteiger partial charge in [0.25, 0.3) is 0 Å². The van der Waals surface area contributed by atoms with Gasteiger partial charge < -0.3 is 10.1 Å². The van der Waals surface area contributed by atoms with Gasteiger partial charge in [-0.3, -0.25) is 4.79 Å². The van der Waals surface area contributed by atoms with Crippen molar-refractivity contribution in [2.75, 3.05) is 19.0 Å². The first-order chi connectivity index (χ1) is 12.8. The van der Waals surface area contributed by atoms with E-state index in [9.17, 15) is 22.4 Å². The molecule has 1 aromatic heterocycles. The summed E-state index contributed by atoms with van der Waals surface area (Å²) in [6.07, 6.45) is 0.873. The fraction of sp³-hybridized carbons (Fsp3) is 0.294. The van der Waals surface area contributed by atoms with E-state index in [1.165, 1.54) is 25.3 Å². The molecule has 1 fully saturated rings. The van der Waals surface area contributed by atoms with E-state index in [1.54, 1.807) is 5.38 Å². The van der Waals surface area contributed by atoms with Gasteiger partial charge in [-0.2, -0.15) is 4.31 Å². The van der Waals surface area contributed by atoms with E-state index < -0.39 is 33.8 Å². The van der Waals surface area contributed by atoms with Crippen LogP contribution in [0.5, 0.6) is 0 Å². The van der Waals surface area contributed by atoms with E-state index in [0.29, 0.717) is 17.8 Å². The Bertz CT molecular complexity index is 956. The van der Waals surface area contributed by atoms with E-state index in [4.69, 9.17) is 0 Å². The largest absolute Gasteiger partial charge is 0.465 e. The van der Waals surface area contributed by atoms with Gasteiger partial charge in [0, 0.05) is 6.54 Å². The average molecular weight is 412 g/mol. The summed E-state index contributed by atoms with van der Waals surface area (Å²) in [5.41, 5.74) is 0.210. The van der Waals surface area contributed by atoms with Crippen molar-refractivity contribution in [2.45, 2.75) is 23.8 Å². The Morgan fingerprint density at radius 1 is 1.26 bits per heavy atom. The summed E-state index contributed by atoms with van der Waals surface area (Å²) in [5, 5.41) is 4.56. The van der Waals surface area contributed by atoms with Crippen LogP contribution in [0.2, 0.25) is 0 Å². The van der Waals surface area contributed by atoms with Gasteiger partial charge in [0.15, 0.2) is 0 Å². The van der Waals surface area contributed by atoms with E-state index >= 15 is 0 Å². The summed E-state index contributed by atoms with van der Waals surface area (Å²) in [6, 6.07) is 5.08. The van der Waals surface area contributed by atoms with Crippen molar-refractivity contribution in [3.05, 3.63) is 47.1 Å². The molecule has 1 aromatic carbocycles. The van der Waals surface area contributed by atoms with Crippen molar-refractivity contribution in [3.63, 3.8) is 0 Å². The third kappa shape index (κ3) is 3.87. The van der Waals surface area contributed by atoms with Crippen molar-refractivity contribution in [1.82, 2.24) is 4.31 Å². The number of amides is 1. The number of sulfonamides is 1. The van der Waals surface area contributed by atoms with Gasteiger partial charge in [-0.15, -0.1) is 11.3 Å². The molecule has 0 bridgehead atoms. The minimum atomic E-state index is -3.94. The van der Waals surface area contributed by atoms with Gasteiger partial charge >= 0.3 is 5.97 Å². The Balaban J connectivity index is 1.82. The highest BCUT2D eigenvalue weighted by atomic mass is 32.2. The van der Waals surface area contributed by atoms with Crippen molar-refractivity contribution < 1.29 is 27.1 Å². The number of methoxy groups -OCH3 is 1. The topological polar surface area (TPSA) is 92.8 Å². The molecule has 1 aliphatic heterocycles. The Kier molecular flexibility index (Phi) is 5.59. The lowest BCUT2D eigenvalue weighted by atomic mass is 10.2. The second kappa shape index (κ2) is 7.75. The lowest BCUT2D eigenvalue weighted by Crippen LogP contribution is -2.43. The number of hydrogen-bond donors (Lipinski definition) is 1. The molecule has 1 N–H and O–H groups in total. The maximum atomic E-state index is 13.1. The van der Waals surface area contributed by atoms with Crippen molar-refractivity contribution in [1.29, 1.82) is 0 Å². The summed E-state index contributed by atoms with van der Waals surface area (Å²) < 4.78 is 44.5. The van der Waals surface area contributed by atoms with Crippen LogP contribution < -0.4 is 5.32 Å². The molecule has 1 unspecified atom stereocenters. The summed E-state index contributed by atoms with van der Waals surface area (Å²) in [5.74, 6) is -1.66. The lowest BCUT2D eigenvalue weighted by molar-refractivity contribution is -0.119. The molecular formula is C17H17FN2O5S2. The molecule has 0 spiro atoms. The van der Waals surface area contributed by atoms with Crippen molar-refractivity contribution in [2.24, 2.45) is 0 Å². The van der Waals surface area contributed by atoms with Crippen LogP contribution in [0.1, 0.15) is 23.2 Å². The summed E-state index contributed by atoms with van der Waals surface area (Å²) in [6.45, 7) is 0.187. The van der Waals surface area contributed by atoms with Crippen LogP contribution in [-0.2, 0) is 19.6 Å². The number of benzene rings is 1. The Hall–Kier alpha value is -2.30. The molecular weight excluding hydrogens is 395 g/mol. The van der Waals surface area contributed by atoms with Gasteiger partial charge in [0.1, 0.15) is 16.9 Å². The Morgan fingerprint density at radius 2 is 1.96 bits per heavy atom. The molecule has 7 nitrogen and oxygen atoms in total. The van der Waals surface area contributed by atoms with Gasteiger partial charge in [-0.25, -0.2) is 17.6 Å². The minimum absolute atomic E-state index is 0.0741. The van der Waals surface area contributed by atoms with Crippen LogP contribution in [0.4, 0.5) is 9.39 Å². The molecule has 10 heteroatoms. The van der Waals surface area contributed by atoms with Gasteiger partial charge in [-0.1, -0.05) is 0 Å².